The van der Waals surface area contributed by atoms with Gasteiger partial charge in [0, 0.05) is 12.1 Å². The van der Waals surface area contributed by atoms with Gasteiger partial charge in [0.05, 0.1) is 18.7 Å². The molecule has 1 N–H and O–H groups in total. The number of carboxylic acids is 1. The molecule has 4 heteroatoms. The summed E-state index contributed by atoms with van der Waals surface area (Å²) in [7, 11) is 0. The molecule has 0 aromatic carbocycles. The average molecular weight is 179 g/mol. The third kappa shape index (κ3) is 1.47. The molecule has 0 spiro atoms. The molecule has 68 valence electrons. The van der Waals surface area contributed by atoms with Crippen molar-refractivity contribution in [2.45, 2.75) is 12.3 Å². The van der Waals surface area contributed by atoms with Crippen LogP contribution in [0.25, 0.3) is 0 Å². The molecule has 1 aliphatic rings. The maximum atomic E-state index is 10.5. The molecule has 1 aliphatic heterocycles. The van der Waals surface area contributed by atoms with Crippen LogP contribution in [-0.2, 0) is 4.79 Å². The number of rotatable bonds is 2. The molecule has 0 amide bonds. The number of hydrogen-bond donors (Lipinski definition) is 1. The first-order chi connectivity index (χ1) is 6.27. The Morgan fingerprint density at radius 1 is 1.77 bits per heavy atom. The molecule has 0 radical (unpaired) electrons. The minimum Gasteiger partial charge on any atom is -0.491 e. The van der Waals surface area contributed by atoms with E-state index in [0.29, 0.717) is 12.4 Å². The van der Waals surface area contributed by atoms with Gasteiger partial charge in [-0.25, -0.2) is 0 Å². The van der Waals surface area contributed by atoms with Crippen molar-refractivity contribution < 1.29 is 14.6 Å². The lowest BCUT2D eigenvalue weighted by Gasteiger charge is -2.02. The first-order valence-corrected chi connectivity index (χ1v) is 4.07. The summed E-state index contributed by atoms with van der Waals surface area (Å²) in [5.41, 5.74) is 0.768. The molecule has 0 bridgehead atoms. The zero-order chi connectivity index (χ0) is 9.26. The first-order valence-electron chi connectivity index (χ1n) is 4.07. The predicted molar refractivity (Wildman–Crippen MR) is 44.7 cm³/mol. The third-order valence-electron chi connectivity index (χ3n) is 2.05. The van der Waals surface area contributed by atoms with Crippen LogP contribution in [0.15, 0.2) is 18.3 Å². The fraction of sp³-hybridized carbons (Fsp3) is 0.333. The van der Waals surface area contributed by atoms with E-state index in [1.165, 1.54) is 0 Å². The molecule has 4 nitrogen and oxygen atoms in total. The van der Waals surface area contributed by atoms with Gasteiger partial charge in [-0.05, 0) is 12.1 Å². The third-order valence-corrected chi connectivity index (χ3v) is 2.05. The van der Waals surface area contributed by atoms with Crippen LogP contribution in [0.2, 0.25) is 0 Å². The molecule has 0 aliphatic carbocycles. The maximum absolute atomic E-state index is 10.5. The van der Waals surface area contributed by atoms with Gasteiger partial charge < -0.3 is 9.84 Å². The summed E-state index contributed by atoms with van der Waals surface area (Å²) in [5, 5.41) is 8.62. The molecule has 0 saturated heterocycles. The number of aromatic nitrogens is 1. The minimum absolute atomic E-state index is 0.0873. The lowest BCUT2D eigenvalue weighted by Crippen LogP contribution is -2.08. The Morgan fingerprint density at radius 3 is 3.38 bits per heavy atom. The summed E-state index contributed by atoms with van der Waals surface area (Å²) in [5.74, 6) is -0.186. The van der Waals surface area contributed by atoms with Crippen molar-refractivity contribution in [3.8, 4) is 5.75 Å². The van der Waals surface area contributed by atoms with Crippen LogP contribution in [0.3, 0.4) is 0 Å². The van der Waals surface area contributed by atoms with E-state index in [1.807, 2.05) is 6.07 Å². The molecule has 2 rings (SSSR count). The molecule has 1 unspecified atom stereocenters. The molecule has 1 atom stereocenters. The molecular weight excluding hydrogens is 170 g/mol. The van der Waals surface area contributed by atoms with E-state index < -0.39 is 5.97 Å². The van der Waals surface area contributed by atoms with Crippen LogP contribution in [0, 0.1) is 0 Å². The Hall–Kier alpha value is -1.58. The van der Waals surface area contributed by atoms with E-state index in [9.17, 15) is 4.79 Å². The fourth-order valence-electron chi connectivity index (χ4n) is 1.47. The highest BCUT2D eigenvalue weighted by molar-refractivity contribution is 5.68. The number of carboxylic acid groups (broad SMARTS) is 1. The van der Waals surface area contributed by atoms with Crippen molar-refractivity contribution in [2.24, 2.45) is 0 Å². The minimum atomic E-state index is -0.813. The van der Waals surface area contributed by atoms with Crippen LogP contribution in [0.4, 0.5) is 0 Å². The zero-order valence-corrected chi connectivity index (χ0v) is 6.93. The van der Waals surface area contributed by atoms with Gasteiger partial charge in [-0.3, -0.25) is 9.78 Å². The quantitative estimate of drug-likeness (QED) is 0.736. The van der Waals surface area contributed by atoms with Crippen molar-refractivity contribution in [1.82, 2.24) is 4.98 Å². The van der Waals surface area contributed by atoms with Crippen LogP contribution in [-0.4, -0.2) is 22.7 Å². The number of fused-ring (bicyclic) bond motifs is 1. The number of aliphatic carboxylic acids is 1. The van der Waals surface area contributed by atoms with E-state index in [0.717, 1.165) is 5.69 Å². The van der Waals surface area contributed by atoms with Gasteiger partial charge in [0.1, 0.15) is 5.75 Å². The Bertz CT molecular complexity index is 337. The van der Waals surface area contributed by atoms with Crippen LogP contribution in [0.5, 0.6) is 5.75 Å². The molecule has 13 heavy (non-hydrogen) atoms. The van der Waals surface area contributed by atoms with E-state index in [-0.39, 0.29) is 12.3 Å². The van der Waals surface area contributed by atoms with Gasteiger partial charge >= 0.3 is 5.97 Å². The number of pyridine rings is 1. The monoisotopic (exact) mass is 179 g/mol. The second-order valence-corrected chi connectivity index (χ2v) is 2.99. The summed E-state index contributed by atoms with van der Waals surface area (Å²) in [6, 6.07) is 3.59. The summed E-state index contributed by atoms with van der Waals surface area (Å²) >= 11 is 0. The van der Waals surface area contributed by atoms with Crippen LogP contribution in [0.1, 0.15) is 18.0 Å². The van der Waals surface area contributed by atoms with Gasteiger partial charge in [-0.2, -0.15) is 0 Å². The lowest BCUT2D eigenvalue weighted by atomic mass is 10.0. The number of carbonyl (C=O) groups is 1. The zero-order valence-electron chi connectivity index (χ0n) is 6.93. The summed E-state index contributed by atoms with van der Waals surface area (Å²) in [6.45, 7) is 0.429. The van der Waals surface area contributed by atoms with Crippen molar-refractivity contribution >= 4 is 5.97 Å². The summed E-state index contributed by atoms with van der Waals surface area (Å²) in [4.78, 5) is 14.6. The number of nitrogens with zero attached hydrogens (tertiary/aromatic N) is 1. The highest BCUT2D eigenvalue weighted by atomic mass is 16.5. The smallest absolute Gasteiger partial charge is 0.304 e. The Morgan fingerprint density at radius 2 is 2.62 bits per heavy atom. The molecular formula is C9H9NO3. The average Bonchev–Trinajstić information content (AvgIpc) is 2.48. The largest absolute Gasteiger partial charge is 0.491 e. The van der Waals surface area contributed by atoms with E-state index >= 15 is 0 Å². The van der Waals surface area contributed by atoms with Gasteiger partial charge in [-0.15, -0.1) is 0 Å². The standard InChI is InChI=1S/C9H9NO3/c11-8(12)4-6-5-13-7-2-1-3-10-9(6)7/h1-3,6H,4-5H2,(H,11,12). The molecule has 0 saturated carbocycles. The van der Waals surface area contributed by atoms with Crippen LogP contribution >= 0.6 is 0 Å². The van der Waals surface area contributed by atoms with Crippen molar-refractivity contribution in [1.29, 1.82) is 0 Å². The van der Waals surface area contributed by atoms with Crippen LogP contribution < -0.4 is 4.74 Å². The number of ether oxygens (including phenoxy) is 1. The molecule has 1 aromatic heterocycles. The van der Waals surface area contributed by atoms with Crippen molar-refractivity contribution in [2.75, 3.05) is 6.61 Å². The SMILES string of the molecule is O=C(O)CC1COc2cccnc21. The van der Waals surface area contributed by atoms with E-state index in [4.69, 9.17) is 9.84 Å². The van der Waals surface area contributed by atoms with Gasteiger partial charge in [-0.1, -0.05) is 0 Å². The normalized spacial score (nSPS) is 19.2. The van der Waals surface area contributed by atoms with Crippen molar-refractivity contribution in [3.63, 3.8) is 0 Å². The predicted octanol–water partition coefficient (Wildman–Crippen LogP) is 1.03. The first kappa shape index (κ1) is 8.04. The molecule has 2 heterocycles. The Labute approximate surface area is 75.2 Å². The Kier molecular flexibility index (Phi) is 1.88. The lowest BCUT2D eigenvalue weighted by molar-refractivity contribution is -0.137. The fourth-order valence-corrected chi connectivity index (χ4v) is 1.47. The Balaban J connectivity index is 2.23. The van der Waals surface area contributed by atoms with Crippen molar-refractivity contribution in [3.05, 3.63) is 24.0 Å². The second-order valence-electron chi connectivity index (χ2n) is 2.99. The van der Waals surface area contributed by atoms with E-state index in [2.05, 4.69) is 4.98 Å². The molecule has 1 aromatic rings. The maximum Gasteiger partial charge on any atom is 0.304 e. The van der Waals surface area contributed by atoms with Gasteiger partial charge in [0.2, 0.25) is 0 Å². The number of hydrogen-bond acceptors (Lipinski definition) is 3. The summed E-state index contributed by atoms with van der Waals surface area (Å²) < 4.78 is 5.29. The van der Waals surface area contributed by atoms with Gasteiger partial charge in [0.25, 0.3) is 0 Å². The second kappa shape index (κ2) is 3.05. The summed E-state index contributed by atoms with van der Waals surface area (Å²) in [6.07, 6.45) is 1.74. The topological polar surface area (TPSA) is 59.4 Å². The van der Waals surface area contributed by atoms with E-state index in [1.54, 1.807) is 12.3 Å². The van der Waals surface area contributed by atoms with Gasteiger partial charge in [0.15, 0.2) is 0 Å². The highest BCUT2D eigenvalue weighted by Crippen LogP contribution is 2.33. The molecule has 0 fully saturated rings. The highest BCUT2D eigenvalue weighted by Gasteiger charge is 2.27.